The molecule has 0 fully saturated rings. The van der Waals surface area contributed by atoms with E-state index in [9.17, 15) is 9.18 Å². The van der Waals surface area contributed by atoms with Crippen LogP contribution in [-0.2, 0) is 13.2 Å². The lowest BCUT2D eigenvalue weighted by molar-refractivity contribution is 0.104. The highest BCUT2D eigenvalue weighted by molar-refractivity contribution is 9.10. The van der Waals surface area contributed by atoms with Crippen LogP contribution in [0.3, 0.4) is 0 Å². The number of rotatable bonds is 8. The van der Waals surface area contributed by atoms with E-state index in [1.165, 1.54) is 12.1 Å². The Morgan fingerprint density at radius 2 is 1.84 bits per heavy atom. The van der Waals surface area contributed by atoms with E-state index in [2.05, 4.69) is 26.2 Å². The quantitative estimate of drug-likeness (QED) is 0.234. The molecule has 0 aliphatic rings. The molecule has 0 amide bonds. The fraction of sp³-hybridized carbons (Fsp3) is 0.0800. The zero-order chi connectivity index (χ0) is 22.3. The molecule has 1 aromatic heterocycles. The molecule has 0 unspecified atom stereocenters. The van der Waals surface area contributed by atoms with Crippen molar-refractivity contribution in [3.8, 4) is 5.75 Å². The van der Waals surface area contributed by atoms with Crippen LogP contribution in [0, 0.1) is 5.82 Å². The van der Waals surface area contributed by atoms with Crippen molar-refractivity contribution < 1.29 is 13.9 Å². The summed E-state index contributed by atoms with van der Waals surface area (Å²) in [4.78, 5) is 12.2. The normalized spacial score (nSPS) is 11.1. The minimum Gasteiger partial charge on any atom is -0.487 e. The van der Waals surface area contributed by atoms with Gasteiger partial charge >= 0.3 is 0 Å². The van der Waals surface area contributed by atoms with Crippen LogP contribution in [0.5, 0.6) is 5.75 Å². The highest BCUT2D eigenvalue weighted by atomic mass is 79.9. The third-order valence-electron chi connectivity index (χ3n) is 4.64. The summed E-state index contributed by atoms with van der Waals surface area (Å²) in [5.74, 6) is 0.349. The van der Waals surface area contributed by atoms with Gasteiger partial charge in [-0.2, -0.15) is 0 Å². The van der Waals surface area contributed by atoms with Gasteiger partial charge in [0.15, 0.2) is 5.78 Å². The van der Waals surface area contributed by atoms with Crippen LogP contribution in [0.15, 0.2) is 89.5 Å². The largest absolute Gasteiger partial charge is 0.487 e. The van der Waals surface area contributed by atoms with Crippen molar-refractivity contribution in [1.29, 1.82) is 0 Å². The smallest absolute Gasteiger partial charge is 0.185 e. The van der Waals surface area contributed by atoms with Crippen molar-refractivity contribution in [1.82, 2.24) is 15.0 Å². The summed E-state index contributed by atoms with van der Waals surface area (Å²) in [5.41, 5.74) is 3.01. The van der Waals surface area contributed by atoms with Gasteiger partial charge in [-0.1, -0.05) is 51.5 Å². The average Bonchev–Trinajstić information content (AvgIpc) is 3.24. The van der Waals surface area contributed by atoms with Crippen LogP contribution >= 0.6 is 15.9 Å². The zero-order valence-electron chi connectivity index (χ0n) is 17.0. The summed E-state index contributed by atoms with van der Waals surface area (Å²) >= 11 is 3.36. The van der Waals surface area contributed by atoms with Crippen molar-refractivity contribution in [2.75, 3.05) is 0 Å². The van der Waals surface area contributed by atoms with Crippen LogP contribution < -0.4 is 4.74 Å². The van der Waals surface area contributed by atoms with Gasteiger partial charge in [0.1, 0.15) is 23.9 Å². The molecule has 0 aliphatic carbocycles. The van der Waals surface area contributed by atoms with Crippen molar-refractivity contribution in [2.45, 2.75) is 13.2 Å². The molecule has 0 bridgehead atoms. The molecule has 0 spiro atoms. The first-order valence-electron chi connectivity index (χ1n) is 9.89. The Labute approximate surface area is 193 Å². The van der Waals surface area contributed by atoms with Crippen LogP contribution in [0.4, 0.5) is 4.39 Å². The number of aromatic nitrogens is 3. The van der Waals surface area contributed by atoms with Gasteiger partial charge in [-0.25, -0.2) is 9.07 Å². The second-order valence-corrected chi connectivity index (χ2v) is 8.02. The number of ketones is 1. The predicted molar refractivity (Wildman–Crippen MR) is 124 cm³/mol. The highest BCUT2D eigenvalue weighted by Gasteiger charge is 2.05. The molecule has 3 aromatic carbocycles. The Morgan fingerprint density at radius 1 is 1.06 bits per heavy atom. The number of carbonyl (C=O) groups excluding carboxylic acids is 1. The summed E-state index contributed by atoms with van der Waals surface area (Å²) < 4.78 is 21.6. The van der Waals surface area contributed by atoms with Gasteiger partial charge in [0.2, 0.25) is 0 Å². The molecule has 7 heteroatoms. The maximum Gasteiger partial charge on any atom is 0.185 e. The van der Waals surface area contributed by atoms with Gasteiger partial charge in [-0.15, -0.1) is 5.10 Å². The molecule has 0 saturated carbocycles. The zero-order valence-corrected chi connectivity index (χ0v) is 18.6. The van der Waals surface area contributed by atoms with Crippen LogP contribution in [0.1, 0.15) is 27.2 Å². The van der Waals surface area contributed by atoms with Gasteiger partial charge < -0.3 is 4.74 Å². The molecular formula is C25H19BrFN3O2. The fourth-order valence-corrected chi connectivity index (χ4v) is 3.28. The van der Waals surface area contributed by atoms with E-state index in [0.717, 1.165) is 15.6 Å². The number of ether oxygens (including phenoxy) is 1. The van der Waals surface area contributed by atoms with Gasteiger partial charge in [-0.3, -0.25) is 4.79 Å². The molecule has 4 aromatic rings. The summed E-state index contributed by atoms with van der Waals surface area (Å²) in [5, 5.41) is 8.15. The molecular weight excluding hydrogens is 473 g/mol. The number of allylic oxidation sites excluding steroid dienone is 1. The van der Waals surface area contributed by atoms with E-state index in [0.29, 0.717) is 23.6 Å². The number of carbonyl (C=O) groups is 1. The van der Waals surface area contributed by atoms with Crippen molar-refractivity contribution in [3.63, 3.8) is 0 Å². The lowest BCUT2D eigenvalue weighted by atomic mass is 10.1. The number of hydrogen-bond donors (Lipinski definition) is 0. The minimum absolute atomic E-state index is 0.0563. The van der Waals surface area contributed by atoms with E-state index >= 15 is 0 Å². The van der Waals surface area contributed by atoms with Crippen LogP contribution in [0.25, 0.3) is 6.08 Å². The number of halogens is 2. The van der Waals surface area contributed by atoms with E-state index in [1.54, 1.807) is 41.2 Å². The summed E-state index contributed by atoms with van der Waals surface area (Å²) in [6, 6.07) is 21.0. The minimum atomic E-state index is -0.276. The Morgan fingerprint density at radius 3 is 2.59 bits per heavy atom. The third-order valence-corrected chi connectivity index (χ3v) is 5.17. The third kappa shape index (κ3) is 5.98. The lowest BCUT2D eigenvalue weighted by Crippen LogP contribution is -2.00. The second kappa shape index (κ2) is 10.2. The predicted octanol–water partition coefficient (Wildman–Crippen LogP) is 5.70. The summed E-state index contributed by atoms with van der Waals surface area (Å²) in [7, 11) is 0. The van der Waals surface area contributed by atoms with Gasteiger partial charge in [0.25, 0.3) is 0 Å². The second-order valence-electron chi connectivity index (χ2n) is 7.10. The van der Waals surface area contributed by atoms with Crippen LogP contribution in [0.2, 0.25) is 0 Å². The molecule has 0 atom stereocenters. The molecule has 5 nitrogen and oxygen atoms in total. The highest BCUT2D eigenvalue weighted by Crippen LogP contribution is 2.16. The van der Waals surface area contributed by atoms with Crippen LogP contribution in [-0.4, -0.2) is 20.8 Å². The van der Waals surface area contributed by atoms with Gasteiger partial charge in [0.05, 0.1) is 12.7 Å². The Hall–Kier alpha value is -3.58. The summed E-state index contributed by atoms with van der Waals surface area (Å²) in [6.07, 6.45) is 5.10. The van der Waals surface area contributed by atoms with Crippen molar-refractivity contribution in [3.05, 3.63) is 118 Å². The fourth-order valence-electron chi connectivity index (χ4n) is 3.02. The lowest BCUT2D eigenvalue weighted by Gasteiger charge is -2.04. The maximum absolute atomic E-state index is 13.3. The Balaban J connectivity index is 1.30. The van der Waals surface area contributed by atoms with E-state index in [4.69, 9.17) is 4.74 Å². The molecule has 0 N–H and O–H groups in total. The molecule has 32 heavy (non-hydrogen) atoms. The number of hydrogen-bond acceptors (Lipinski definition) is 4. The van der Waals surface area contributed by atoms with Gasteiger partial charge in [0, 0.05) is 10.0 Å². The van der Waals surface area contributed by atoms with Crippen molar-refractivity contribution >= 4 is 27.8 Å². The first-order valence-corrected chi connectivity index (χ1v) is 10.7. The Bertz CT molecular complexity index is 1230. The Kier molecular flexibility index (Phi) is 6.87. The molecule has 0 aliphatic heterocycles. The molecule has 1 heterocycles. The first-order chi connectivity index (χ1) is 15.5. The van der Waals surface area contributed by atoms with E-state index in [-0.39, 0.29) is 18.2 Å². The number of nitrogens with zero attached hydrogens (tertiary/aromatic N) is 3. The topological polar surface area (TPSA) is 57.0 Å². The molecule has 0 radical (unpaired) electrons. The SMILES string of the molecule is O=C(/C=C/c1ccc(OCc2cn(Cc3cccc(F)c3)nn2)cc1)c1ccc(Br)cc1. The molecule has 0 saturated heterocycles. The average molecular weight is 492 g/mol. The maximum atomic E-state index is 13.3. The summed E-state index contributed by atoms with van der Waals surface area (Å²) in [6.45, 7) is 0.700. The van der Waals surface area contributed by atoms with E-state index < -0.39 is 0 Å². The standard InChI is InChI=1S/C25H19BrFN3O2/c26-21-9-7-20(8-10-21)25(31)13-6-18-4-11-24(12-5-18)32-17-23-16-30(29-28-23)15-19-2-1-3-22(27)14-19/h1-14,16H,15,17H2/b13-6+. The monoisotopic (exact) mass is 491 g/mol. The van der Waals surface area contributed by atoms with Gasteiger partial charge in [-0.05, 0) is 65.7 Å². The van der Waals surface area contributed by atoms with Crippen molar-refractivity contribution in [2.24, 2.45) is 0 Å². The first kappa shape index (κ1) is 21.6. The molecule has 160 valence electrons. The van der Waals surface area contributed by atoms with E-state index in [1.807, 2.05) is 42.5 Å². The number of benzene rings is 3. The molecule has 4 rings (SSSR count).